The first-order chi connectivity index (χ1) is 9.19. The van der Waals surface area contributed by atoms with Crippen molar-refractivity contribution in [2.45, 2.75) is 12.8 Å². The molecule has 0 fully saturated rings. The fourth-order valence-corrected chi connectivity index (χ4v) is 1.91. The molecule has 0 saturated heterocycles. The molecule has 102 valence electrons. The molecular formula is C13H17N3O3. The number of hydrogen-bond acceptors (Lipinski definition) is 6. The van der Waals surface area contributed by atoms with Crippen molar-refractivity contribution in [3.05, 3.63) is 17.7 Å². The van der Waals surface area contributed by atoms with E-state index in [1.807, 2.05) is 6.07 Å². The number of ether oxygens (including phenoxy) is 3. The Bertz CT molecular complexity index is 538. The summed E-state index contributed by atoms with van der Waals surface area (Å²) in [7, 11) is 4.78. The van der Waals surface area contributed by atoms with Crippen molar-refractivity contribution < 1.29 is 14.2 Å². The molecule has 0 spiro atoms. The number of nitrogens with zero attached hydrogens (tertiary/aromatic N) is 2. The van der Waals surface area contributed by atoms with Crippen LogP contribution < -0.4 is 19.9 Å². The monoisotopic (exact) mass is 263 g/mol. The molecular weight excluding hydrogens is 246 g/mol. The zero-order chi connectivity index (χ0) is 13.8. The Labute approximate surface area is 111 Å². The zero-order valence-electron chi connectivity index (χ0n) is 11.3. The Morgan fingerprint density at radius 2 is 1.53 bits per heavy atom. The number of hydrogen-bond donors (Lipinski definition) is 1. The fourth-order valence-electron chi connectivity index (χ4n) is 1.91. The van der Waals surface area contributed by atoms with Gasteiger partial charge >= 0.3 is 0 Å². The predicted octanol–water partition coefficient (Wildman–Crippen LogP) is 1.57. The highest BCUT2D eigenvalue weighted by Crippen LogP contribution is 2.35. The molecule has 6 heteroatoms. The van der Waals surface area contributed by atoms with Crippen LogP contribution in [0.5, 0.6) is 17.2 Å². The second-order valence-electron chi connectivity index (χ2n) is 4.05. The van der Waals surface area contributed by atoms with Gasteiger partial charge < -0.3 is 19.9 Å². The van der Waals surface area contributed by atoms with Crippen molar-refractivity contribution in [3.63, 3.8) is 0 Å². The van der Waals surface area contributed by atoms with E-state index in [1.54, 1.807) is 27.4 Å². The number of benzene rings is 1. The van der Waals surface area contributed by atoms with Crippen molar-refractivity contribution in [2.24, 2.45) is 15.9 Å². The third kappa shape index (κ3) is 2.62. The van der Waals surface area contributed by atoms with Gasteiger partial charge in [-0.1, -0.05) is 0 Å². The van der Waals surface area contributed by atoms with Gasteiger partial charge in [0, 0.05) is 18.1 Å². The summed E-state index contributed by atoms with van der Waals surface area (Å²) >= 11 is 0. The topological polar surface area (TPSA) is 78.4 Å². The van der Waals surface area contributed by atoms with Crippen LogP contribution in [0.2, 0.25) is 0 Å². The molecule has 0 bridgehead atoms. The van der Waals surface area contributed by atoms with E-state index in [0.717, 1.165) is 17.7 Å². The van der Waals surface area contributed by atoms with Crippen LogP contribution in [0.25, 0.3) is 0 Å². The zero-order valence-corrected chi connectivity index (χ0v) is 11.3. The summed E-state index contributed by atoms with van der Waals surface area (Å²) in [5.74, 6) is 2.46. The summed E-state index contributed by atoms with van der Waals surface area (Å²) in [6.07, 6.45) is 1.41. The lowest BCUT2D eigenvalue weighted by molar-refractivity contribution is 0.348. The van der Waals surface area contributed by atoms with E-state index in [4.69, 9.17) is 19.9 Å². The number of amidine groups is 1. The van der Waals surface area contributed by atoms with E-state index < -0.39 is 0 Å². The van der Waals surface area contributed by atoms with Gasteiger partial charge in [-0.15, -0.1) is 5.10 Å². The quantitative estimate of drug-likeness (QED) is 0.894. The largest absolute Gasteiger partial charge is 0.496 e. The van der Waals surface area contributed by atoms with Gasteiger partial charge in [0.05, 0.1) is 27.0 Å². The molecule has 0 unspecified atom stereocenters. The van der Waals surface area contributed by atoms with Crippen molar-refractivity contribution in [2.75, 3.05) is 21.3 Å². The summed E-state index contributed by atoms with van der Waals surface area (Å²) in [5.41, 5.74) is 7.28. The molecule has 0 atom stereocenters. The first-order valence-electron chi connectivity index (χ1n) is 5.88. The molecule has 0 saturated carbocycles. The van der Waals surface area contributed by atoms with E-state index in [2.05, 4.69) is 10.2 Å². The van der Waals surface area contributed by atoms with Crippen LogP contribution in [0, 0.1) is 0 Å². The minimum atomic E-state index is 0.545. The van der Waals surface area contributed by atoms with Gasteiger partial charge in [-0.25, -0.2) is 0 Å². The molecule has 2 rings (SSSR count). The summed E-state index contributed by atoms with van der Waals surface area (Å²) in [6.45, 7) is 0. The van der Waals surface area contributed by atoms with E-state index in [1.165, 1.54) is 0 Å². The van der Waals surface area contributed by atoms with Gasteiger partial charge in [-0.3, -0.25) is 0 Å². The minimum absolute atomic E-state index is 0.545. The number of nitrogens with two attached hydrogens (primary N) is 1. The van der Waals surface area contributed by atoms with Crippen molar-refractivity contribution in [1.29, 1.82) is 0 Å². The van der Waals surface area contributed by atoms with Crippen LogP contribution >= 0.6 is 0 Å². The highest BCUT2D eigenvalue weighted by Gasteiger charge is 2.18. The molecule has 0 amide bonds. The third-order valence-electron chi connectivity index (χ3n) is 2.93. The first kappa shape index (κ1) is 13.2. The highest BCUT2D eigenvalue weighted by molar-refractivity contribution is 6.06. The number of methoxy groups -OCH3 is 3. The van der Waals surface area contributed by atoms with Crippen LogP contribution in [-0.4, -0.2) is 32.9 Å². The molecule has 0 aliphatic carbocycles. The first-order valence-corrected chi connectivity index (χ1v) is 5.88. The maximum Gasteiger partial charge on any atom is 0.164 e. The summed E-state index contributed by atoms with van der Waals surface area (Å²) in [6, 6.07) is 3.62. The van der Waals surface area contributed by atoms with E-state index in [9.17, 15) is 0 Å². The average Bonchev–Trinajstić information content (AvgIpc) is 2.46. The van der Waals surface area contributed by atoms with Crippen LogP contribution in [-0.2, 0) is 0 Å². The fraction of sp³-hybridized carbons (Fsp3) is 0.385. The lowest BCUT2D eigenvalue weighted by atomic mass is 10.0. The molecule has 0 radical (unpaired) electrons. The van der Waals surface area contributed by atoms with Crippen LogP contribution in [0.15, 0.2) is 22.3 Å². The predicted molar refractivity (Wildman–Crippen MR) is 73.5 cm³/mol. The van der Waals surface area contributed by atoms with Gasteiger partial charge in [0.1, 0.15) is 11.6 Å². The maximum absolute atomic E-state index is 5.61. The van der Waals surface area contributed by atoms with Crippen molar-refractivity contribution >= 4 is 11.5 Å². The van der Waals surface area contributed by atoms with Crippen LogP contribution in [0.4, 0.5) is 0 Å². The number of rotatable bonds is 4. The van der Waals surface area contributed by atoms with Crippen LogP contribution in [0.3, 0.4) is 0 Å². The summed E-state index contributed by atoms with van der Waals surface area (Å²) < 4.78 is 15.9. The summed E-state index contributed by atoms with van der Waals surface area (Å²) in [4.78, 5) is 0. The third-order valence-corrected chi connectivity index (χ3v) is 2.93. The Morgan fingerprint density at radius 3 is 2.05 bits per heavy atom. The minimum Gasteiger partial charge on any atom is -0.496 e. The van der Waals surface area contributed by atoms with Gasteiger partial charge in [-0.2, -0.15) is 5.10 Å². The maximum atomic E-state index is 5.61. The Kier molecular flexibility index (Phi) is 3.89. The molecule has 19 heavy (non-hydrogen) atoms. The molecule has 1 aromatic rings. The second-order valence-corrected chi connectivity index (χ2v) is 4.05. The highest BCUT2D eigenvalue weighted by atomic mass is 16.5. The summed E-state index contributed by atoms with van der Waals surface area (Å²) in [5, 5.41) is 8.04. The molecule has 0 aromatic heterocycles. The van der Waals surface area contributed by atoms with Gasteiger partial charge in [0.15, 0.2) is 11.5 Å². The molecule has 1 heterocycles. The lowest BCUT2D eigenvalue weighted by Crippen LogP contribution is -2.18. The Morgan fingerprint density at radius 1 is 0.895 bits per heavy atom. The normalized spacial score (nSPS) is 14.5. The van der Waals surface area contributed by atoms with Crippen LogP contribution in [0.1, 0.15) is 18.4 Å². The molecule has 1 aliphatic heterocycles. The molecule has 1 aliphatic rings. The molecule has 6 nitrogen and oxygen atoms in total. The van der Waals surface area contributed by atoms with Gasteiger partial charge in [-0.05, 0) is 12.5 Å². The molecule has 2 N–H and O–H groups in total. The van der Waals surface area contributed by atoms with E-state index in [0.29, 0.717) is 29.5 Å². The Balaban J connectivity index is 2.50. The van der Waals surface area contributed by atoms with Gasteiger partial charge in [0.2, 0.25) is 0 Å². The average molecular weight is 263 g/mol. The van der Waals surface area contributed by atoms with Crippen molar-refractivity contribution in [1.82, 2.24) is 0 Å². The molecule has 1 aromatic carbocycles. The van der Waals surface area contributed by atoms with E-state index in [-0.39, 0.29) is 0 Å². The van der Waals surface area contributed by atoms with E-state index >= 15 is 0 Å². The Hall–Kier alpha value is -2.24. The van der Waals surface area contributed by atoms with Crippen molar-refractivity contribution in [3.8, 4) is 17.2 Å². The van der Waals surface area contributed by atoms with Gasteiger partial charge in [0.25, 0.3) is 0 Å². The lowest BCUT2D eigenvalue weighted by Gasteiger charge is -2.16. The standard InChI is InChI=1S/C13H17N3O3/c1-17-10-7-12(19-3)11(18-2)6-8(10)9-4-5-13(14)16-15-9/h6-7H,4-5H2,1-3H3,(H2,14,16). The smallest absolute Gasteiger partial charge is 0.164 e. The second kappa shape index (κ2) is 5.60. The SMILES string of the molecule is COc1cc(OC)c(C2=NN=C(N)CC2)cc1OC.